The minimum Gasteiger partial charge on any atom is -0.496 e. The highest BCUT2D eigenvalue weighted by molar-refractivity contribution is 9.10. The second-order valence-corrected chi connectivity index (χ2v) is 6.07. The Kier molecular flexibility index (Phi) is 4.91. The second kappa shape index (κ2) is 6.50. The van der Waals surface area contributed by atoms with Crippen molar-refractivity contribution in [3.8, 4) is 5.75 Å². The molecule has 0 aliphatic heterocycles. The fourth-order valence-corrected chi connectivity index (χ4v) is 2.83. The third-order valence-electron chi connectivity index (χ3n) is 3.14. The Morgan fingerprint density at radius 3 is 2.57 bits per heavy atom. The third kappa shape index (κ3) is 3.57. The number of anilines is 1. The first-order valence-corrected chi connectivity index (χ1v) is 7.51. The van der Waals surface area contributed by atoms with E-state index in [-0.39, 0.29) is 5.91 Å². The third-order valence-corrected chi connectivity index (χ3v) is 3.83. The molecule has 0 fully saturated rings. The zero-order chi connectivity index (χ0) is 15.6. The van der Waals surface area contributed by atoms with E-state index < -0.39 is 0 Å². The highest BCUT2D eigenvalue weighted by atomic mass is 79.9. The fourth-order valence-electron chi connectivity index (χ4n) is 2.09. The molecule has 0 unspecified atom stereocenters. The van der Waals surface area contributed by atoms with Crippen molar-refractivity contribution in [2.24, 2.45) is 0 Å². The number of ether oxygens (including phenoxy) is 1. The largest absolute Gasteiger partial charge is 0.496 e. The number of amides is 1. The van der Waals surface area contributed by atoms with Gasteiger partial charge in [0, 0.05) is 15.2 Å². The number of benzene rings is 2. The smallest absolute Gasteiger partial charge is 0.259 e. The van der Waals surface area contributed by atoms with Gasteiger partial charge >= 0.3 is 0 Å². The number of methoxy groups -OCH3 is 1. The Hall–Kier alpha value is -1.52. The molecule has 0 bridgehead atoms. The number of halogens is 2. The maximum Gasteiger partial charge on any atom is 0.259 e. The van der Waals surface area contributed by atoms with Gasteiger partial charge in [-0.2, -0.15) is 0 Å². The van der Waals surface area contributed by atoms with Crippen LogP contribution >= 0.6 is 27.5 Å². The van der Waals surface area contributed by atoms with Crippen LogP contribution < -0.4 is 10.1 Å². The normalized spacial score (nSPS) is 10.3. The summed E-state index contributed by atoms with van der Waals surface area (Å²) in [5.41, 5.74) is 2.99. The molecule has 21 heavy (non-hydrogen) atoms. The number of rotatable bonds is 3. The lowest BCUT2D eigenvalue weighted by atomic mass is 10.1. The van der Waals surface area contributed by atoms with E-state index >= 15 is 0 Å². The van der Waals surface area contributed by atoms with Crippen LogP contribution in [0.5, 0.6) is 5.75 Å². The molecule has 0 saturated carbocycles. The van der Waals surface area contributed by atoms with Gasteiger partial charge in [0.1, 0.15) is 5.75 Å². The van der Waals surface area contributed by atoms with E-state index in [1.807, 2.05) is 26.0 Å². The molecule has 0 radical (unpaired) electrons. The van der Waals surface area contributed by atoms with Gasteiger partial charge in [-0.15, -0.1) is 0 Å². The van der Waals surface area contributed by atoms with Crippen LogP contribution in [0.1, 0.15) is 21.5 Å². The summed E-state index contributed by atoms with van der Waals surface area (Å²) in [5, 5.41) is 3.45. The molecule has 0 saturated heterocycles. The van der Waals surface area contributed by atoms with Crippen molar-refractivity contribution >= 4 is 39.1 Å². The first-order valence-electron chi connectivity index (χ1n) is 6.34. The van der Waals surface area contributed by atoms with Crippen LogP contribution in [0.25, 0.3) is 0 Å². The van der Waals surface area contributed by atoms with Crippen molar-refractivity contribution in [3.63, 3.8) is 0 Å². The summed E-state index contributed by atoms with van der Waals surface area (Å²) in [4.78, 5) is 12.5. The molecular formula is C16H15BrClNO2. The van der Waals surface area contributed by atoms with E-state index in [2.05, 4.69) is 21.2 Å². The van der Waals surface area contributed by atoms with E-state index in [4.69, 9.17) is 16.3 Å². The molecule has 5 heteroatoms. The molecule has 2 rings (SSSR count). The number of hydrogen-bond donors (Lipinski definition) is 1. The van der Waals surface area contributed by atoms with Crippen molar-refractivity contribution < 1.29 is 9.53 Å². The number of carbonyl (C=O) groups is 1. The predicted molar refractivity (Wildman–Crippen MR) is 89.6 cm³/mol. The SMILES string of the molecule is COc1c(C)cc(Br)cc1C(=O)Nc1cc(Cl)ccc1C. The Morgan fingerprint density at radius 1 is 1.19 bits per heavy atom. The molecule has 1 N–H and O–H groups in total. The van der Waals surface area contributed by atoms with Crippen molar-refractivity contribution in [2.45, 2.75) is 13.8 Å². The van der Waals surface area contributed by atoms with E-state index in [9.17, 15) is 4.79 Å². The van der Waals surface area contributed by atoms with Gasteiger partial charge in [-0.1, -0.05) is 33.6 Å². The topological polar surface area (TPSA) is 38.3 Å². The predicted octanol–water partition coefficient (Wildman–Crippen LogP) is 4.98. The lowest BCUT2D eigenvalue weighted by molar-refractivity contribution is 0.102. The minimum atomic E-state index is -0.235. The molecule has 0 heterocycles. The van der Waals surface area contributed by atoms with E-state index in [0.717, 1.165) is 15.6 Å². The van der Waals surface area contributed by atoms with Crippen molar-refractivity contribution in [1.82, 2.24) is 0 Å². The molecule has 0 spiro atoms. The molecule has 2 aromatic carbocycles. The molecule has 0 aromatic heterocycles. The Labute approximate surface area is 137 Å². The Bertz CT molecular complexity index is 701. The van der Waals surface area contributed by atoms with E-state index in [1.54, 1.807) is 25.3 Å². The van der Waals surface area contributed by atoms with Crippen LogP contribution in [0.2, 0.25) is 5.02 Å². The molecule has 0 aliphatic rings. The molecule has 1 amide bonds. The lowest BCUT2D eigenvalue weighted by Crippen LogP contribution is -2.14. The Balaban J connectivity index is 2.39. The summed E-state index contributed by atoms with van der Waals surface area (Å²) in [6.45, 7) is 3.81. The fraction of sp³-hybridized carbons (Fsp3) is 0.188. The minimum absolute atomic E-state index is 0.235. The summed E-state index contributed by atoms with van der Waals surface area (Å²) in [5.74, 6) is 0.331. The van der Waals surface area contributed by atoms with Gasteiger partial charge in [-0.05, 0) is 49.2 Å². The van der Waals surface area contributed by atoms with Crippen LogP contribution in [0.4, 0.5) is 5.69 Å². The van der Waals surface area contributed by atoms with Gasteiger partial charge in [0.2, 0.25) is 0 Å². The summed E-state index contributed by atoms with van der Waals surface area (Å²) >= 11 is 9.37. The molecule has 110 valence electrons. The zero-order valence-corrected chi connectivity index (χ0v) is 14.3. The van der Waals surface area contributed by atoms with Crippen molar-refractivity contribution in [3.05, 3.63) is 56.5 Å². The average Bonchev–Trinajstić information content (AvgIpc) is 2.42. The number of nitrogens with one attached hydrogen (secondary N) is 1. The van der Waals surface area contributed by atoms with Gasteiger partial charge in [0.25, 0.3) is 5.91 Å². The first kappa shape index (κ1) is 15.9. The number of aryl methyl sites for hydroxylation is 2. The van der Waals surface area contributed by atoms with Crippen LogP contribution in [-0.2, 0) is 0 Å². The quantitative estimate of drug-likeness (QED) is 0.829. The number of hydrogen-bond acceptors (Lipinski definition) is 2. The summed E-state index contributed by atoms with van der Waals surface area (Å²) in [6, 6.07) is 9.02. The van der Waals surface area contributed by atoms with Crippen molar-refractivity contribution in [2.75, 3.05) is 12.4 Å². The van der Waals surface area contributed by atoms with Gasteiger partial charge in [-0.3, -0.25) is 4.79 Å². The van der Waals surface area contributed by atoms with Gasteiger partial charge in [-0.25, -0.2) is 0 Å². The van der Waals surface area contributed by atoms with Crippen LogP contribution in [0.15, 0.2) is 34.8 Å². The van der Waals surface area contributed by atoms with E-state index in [0.29, 0.717) is 22.0 Å². The van der Waals surface area contributed by atoms with Crippen LogP contribution in [0.3, 0.4) is 0 Å². The van der Waals surface area contributed by atoms with E-state index in [1.165, 1.54) is 0 Å². The maximum absolute atomic E-state index is 12.5. The average molecular weight is 369 g/mol. The molecule has 0 atom stereocenters. The molecular weight excluding hydrogens is 354 g/mol. The Morgan fingerprint density at radius 2 is 1.90 bits per heavy atom. The second-order valence-electron chi connectivity index (χ2n) is 4.72. The summed E-state index contributed by atoms with van der Waals surface area (Å²) < 4.78 is 6.16. The molecule has 2 aromatic rings. The van der Waals surface area contributed by atoms with Crippen LogP contribution in [-0.4, -0.2) is 13.0 Å². The highest BCUT2D eigenvalue weighted by Gasteiger charge is 2.16. The number of carbonyl (C=O) groups excluding carboxylic acids is 1. The standard InChI is InChI=1S/C16H15BrClNO2/c1-9-4-5-12(18)8-14(9)19-16(20)13-7-11(17)6-10(2)15(13)21-3/h4-8H,1-3H3,(H,19,20). The monoisotopic (exact) mass is 367 g/mol. The van der Waals surface area contributed by atoms with Crippen LogP contribution in [0, 0.1) is 13.8 Å². The first-order chi connectivity index (χ1) is 9.92. The highest BCUT2D eigenvalue weighted by Crippen LogP contribution is 2.29. The van der Waals surface area contributed by atoms with Gasteiger partial charge in [0.15, 0.2) is 0 Å². The lowest BCUT2D eigenvalue weighted by Gasteiger charge is -2.13. The zero-order valence-electron chi connectivity index (χ0n) is 12.0. The summed E-state index contributed by atoms with van der Waals surface area (Å²) in [7, 11) is 1.55. The van der Waals surface area contributed by atoms with Crippen molar-refractivity contribution in [1.29, 1.82) is 0 Å². The van der Waals surface area contributed by atoms with Gasteiger partial charge in [0.05, 0.1) is 12.7 Å². The maximum atomic E-state index is 12.5. The molecule has 3 nitrogen and oxygen atoms in total. The molecule has 0 aliphatic carbocycles. The van der Waals surface area contributed by atoms with Gasteiger partial charge < -0.3 is 10.1 Å². The summed E-state index contributed by atoms with van der Waals surface area (Å²) in [6.07, 6.45) is 0.